The molecule has 0 amide bonds. The zero-order valence-corrected chi connectivity index (χ0v) is 9.69. The van der Waals surface area contributed by atoms with E-state index in [1.54, 1.807) is 12.1 Å². The summed E-state index contributed by atoms with van der Waals surface area (Å²) in [6.07, 6.45) is 0. The van der Waals surface area contributed by atoms with Gasteiger partial charge in [-0.25, -0.2) is 5.84 Å². The van der Waals surface area contributed by atoms with Crippen LogP contribution in [0.15, 0.2) is 40.5 Å². The lowest BCUT2D eigenvalue weighted by molar-refractivity contribution is 0.143. The van der Waals surface area contributed by atoms with Gasteiger partial charge in [-0.2, -0.15) is 0 Å². The van der Waals surface area contributed by atoms with Crippen molar-refractivity contribution in [1.29, 1.82) is 0 Å². The van der Waals surface area contributed by atoms with Gasteiger partial charge in [-0.05, 0) is 5.56 Å². The Kier molecular flexibility index (Phi) is 3.28. The van der Waals surface area contributed by atoms with Crippen LogP contribution in [-0.4, -0.2) is 40.2 Å². The minimum Gasteiger partial charge on any atom is -0.395 e. The molecule has 18 heavy (non-hydrogen) atoms. The molecule has 7 nitrogen and oxygen atoms in total. The number of aliphatic hydroxyl groups excluding tert-OH is 2. The quantitative estimate of drug-likeness (QED) is 0.503. The Morgan fingerprint density at radius 1 is 1.11 bits per heavy atom. The maximum Gasteiger partial charge on any atom is 0.140 e. The number of hydrogen-bond acceptors (Lipinski definition) is 7. The van der Waals surface area contributed by atoms with Gasteiger partial charge in [0.2, 0.25) is 0 Å². The van der Waals surface area contributed by atoms with Crippen molar-refractivity contribution in [2.45, 2.75) is 0 Å². The Hall–Kier alpha value is -1.96. The normalized spacial score (nSPS) is 18.3. The summed E-state index contributed by atoms with van der Waals surface area (Å²) in [4.78, 5) is 0. The van der Waals surface area contributed by atoms with Crippen molar-refractivity contribution in [3.63, 3.8) is 0 Å². The highest BCUT2D eigenvalue weighted by atomic mass is 16.3. The first kappa shape index (κ1) is 12.5. The zero-order valence-electron chi connectivity index (χ0n) is 9.69. The minimum absolute atomic E-state index is 0.0313. The van der Waals surface area contributed by atoms with Crippen LogP contribution in [-0.2, 0) is 0 Å². The number of aliphatic hydroxyl groups is 2. The molecule has 1 heterocycles. The smallest absolute Gasteiger partial charge is 0.140 e. The summed E-state index contributed by atoms with van der Waals surface area (Å²) >= 11 is 0. The van der Waals surface area contributed by atoms with Crippen molar-refractivity contribution in [1.82, 2.24) is 5.23 Å². The van der Waals surface area contributed by atoms with Crippen molar-refractivity contribution in [2.24, 2.45) is 27.2 Å². The molecule has 0 radical (unpaired) electrons. The molecular weight excluding hydrogens is 234 g/mol. The first-order chi connectivity index (χ1) is 8.64. The third kappa shape index (κ3) is 1.84. The molecule has 0 fully saturated rings. The summed E-state index contributed by atoms with van der Waals surface area (Å²) in [6, 6.07) is 9.08. The highest BCUT2D eigenvalue weighted by Crippen LogP contribution is 2.27. The van der Waals surface area contributed by atoms with Gasteiger partial charge in [0.1, 0.15) is 11.3 Å². The molecule has 0 unspecified atom stereocenters. The van der Waals surface area contributed by atoms with Crippen LogP contribution in [0, 0.1) is 5.41 Å². The number of hydrazine groups is 1. The standard InChI is InChI=1S/C11H15N5O2/c12-10-11(6-17,7-18)9(14-16(13)15-10)8-4-2-1-3-5-8/h1-5,17-18H,6-7,13H2,(H2,12,15). The van der Waals surface area contributed by atoms with E-state index >= 15 is 0 Å². The van der Waals surface area contributed by atoms with Crippen LogP contribution in [0.1, 0.15) is 5.56 Å². The summed E-state index contributed by atoms with van der Waals surface area (Å²) in [5.41, 5.74) is 5.68. The van der Waals surface area contributed by atoms with Gasteiger partial charge in [0, 0.05) is 0 Å². The van der Waals surface area contributed by atoms with Gasteiger partial charge in [0.05, 0.1) is 18.9 Å². The lowest BCUT2D eigenvalue weighted by Gasteiger charge is -2.34. The molecular formula is C11H15N5O2. The molecule has 0 saturated heterocycles. The molecule has 0 atom stereocenters. The fourth-order valence-electron chi connectivity index (χ4n) is 1.84. The monoisotopic (exact) mass is 249 g/mol. The van der Waals surface area contributed by atoms with Crippen molar-refractivity contribution >= 4 is 11.5 Å². The second-order valence-corrected chi connectivity index (χ2v) is 4.02. The van der Waals surface area contributed by atoms with Gasteiger partial charge >= 0.3 is 0 Å². The third-order valence-corrected chi connectivity index (χ3v) is 2.94. The number of amidine groups is 1. The summed E-state index contributed by atoms with van der Waals surface area (Å²) in [6.45, 7) is -0.805. The van der Waals surface area contributed by atoms with Gasteiger partial charge < -0.3 is 15.9 Å². The third-order valence-electron chi connectivity index (χ3n) is 2.94. The number of benzene rings is 1. The van der Waals surface area contributed by atoms with E-state index in [-0.39, 0.29) is 5.84 Å². The van der Waals surface area contributed by atoms with Crippen molar-refractivity contribution in [3.8, 4) is 0 Å². The molecule has 0 bridgehead atoms. The van der Waals surface area contributed by atoms with E-state index in [4.69, 9.17) is 11.6 Å². The fourth-order valence-corrected chi connectivity index (χ4v) is 1.84. The lowest BCUT2D eigenvalue weighted by Crippen LogP contribution is -2.54. The summed E-state index contributed by atoms with van der Waals surface area (Å²) in [5, 5.41) is 27.8. The fraction of sp³-hybridized carbons (Fsp3) is 0.273. The maximum absolute atomic E-state index is 9.57. The summed E-state index contributed by atoms with van der Waals surface area (Å²) in [7, 11) is 0. The summed E-state index contributed by atoms with van der Waals surface area (Å²) in [5.74, 6) is 5.53. The molecule has 0 aliphatic carbocycles. The van der Waals surface area contributed by atoms with Gasteiger partial charge in [-0.3, -0.25) is 0 Å². The zero-order chi connectivity index (χ0) is 13.2. The number of nitrogens with zero attached hydrogens (tertiary/aromatic N) is 3. The van der Waals surface area contributed by atoms with E-state index in [1.807, 2.05) is 18.2 Å². The van der Waals surface area contributed by atoms with E-state index in [0.717, 1.165) is 5.23 Å². The molecule has 2 rings (SSSR count). The van der Waals surface area contributed by atoms with Crippen molar-refractivity contribution in [3.05, 3.63) is 35.9 Å². The summed E-state index contributed by atoms with van der Waals surface area (Å²) < 4.78 is 0. The Morgan fingerprint density at radius 3 is 2.28 bits per heavy atom. The average molecular weight is 249 g/mol. The van der Waals surface area contributed by atoms with Crippen LogP contribution in [0.2, 0.25) is 0 Å². The second-order valence-electron chi connectivity index (χ2n) is 4.02. The topological polar surface area (TPSA) is 120 Å². The Labute approximate surface area is 104 Å². The highest BCUT2D eigenvalue weighted by Gasteiger charge is 2.43. The van der Waals surface area contributed by atoms with Crippen molar-refractivity contribution in [2.75, 3.05) is 13.2 Å². The molecule has 96 valence electrons. The molecule has 7 heteroatoms. The van der Waals surface area contributed by atoms with E-state index in [1.165, 1.54) is 0 Å². The maximum atomic E-state index is 9.57. The Morgan fingerprint density at radius 2 is 1.72 bits per heavy atom. The van der Waals surface area contributed by atoms with Crippen LogP contribution < -0.4 is 11.6 Å². The van der Waals surface area contributed by atoms with E-state index in [0.29, 0.717) is 11.3 Å². The molecule has 1 aliphatic heterocycles. The molecule has 6 N–H and O–H groups in total. The van der Waals surface area contributed by atoms with E-state index in [2.05, 4.69) is 10.2 Å². The second kappa shape index (κ2) is 4.73. The number of hydrogen-bond donors (Lipinski definition) is 4. The number of nitrogens with two attached hydrogens (primary N) is 2. The molecule has 1 aromatic carbocycles. The molecule has 0 aromatic heterocycles. The van der Waals surface area contributed by atoms with Gasteiger partial charge in [-0.1, -0.05) is 30.3 Å². The predicted molar refractivity (Wildman–Crippen MR) is 67.2 cm³/mol. The molecule has 1 aliphatic rings. The van der Waals surface area contributed by atoms with E-state index in [9.17, 15) is 10.2 Å². The molecule has 1 aromatic rings. The van der Waals surface area contributed by atoms with Gasteiger partial charge in [-0.15, -0.1) is 15.4 Å². The van der Waals surface area contributed by atoms with Crippen LogP contribution in [0.25, 0.3) is 0 Å². The highest BCUT2D eigenvalue weighted by molar-refractivity contribution is 6.18. The molecule has 0 saturated carbocycles. The largest absolute Gasteiger partial charge is 0.395 e. The SMILES string of the molecule is NC1=NN(N)N=C(c2ccccc2)C1(CO)CO. The van der Waals surface area contributed by atoms with Gasteiger partial charge in [0.25, 0.3) is 0 Å². The van der Waals surface area contributed by atoms with Crippen molar-refractivity contribution < 1.29 is 10.2 Å². The molecule has 0 spiro atoms. The number of hydrazone groups is 2. The Balaban J connectivity index is 2.55. The van der Waals surface area contributed by atoms with Crippen LogP contribution >= 0.6 is 0 Å². The first-order valence-electron chi connectivity index (χ1n) is 5.39. The lowest BCUT2D eigenvalue weighted by atomic mass is 9.79. The van der Waals surface area contributed by atoms with Gasteiger partial charge in [0.15, 0.2) is 0 Å². The van der Waals surface area contributed by atoms with Crippen LogP contribution in [0.5, 0.6) is 0 Å². The first-order valence-corrected chi connectivity index (χ1v) is 5.39. The predicted octanol–water partition coefficient (Wildman–Crippen LogP) is -1.18. The average Bonchev–Trinajstić information content (AvgIpc) is 2.40. The van der Waals surface area contributed by atoms with E-state index < -0.39 is 18.6 Å². The van der Waals surface area contributed by atoms with Crippen LogP contribution in [0.3, 0.4) is 0 Å². The van der Waals surface area contributed by atoms with Crippen LogP contribution in [0.4, 0.5) is 0 Å². The minimum atomic E-state index is -1.21. The Bertz CT molecular complexity index is 481. The number of rotatable bonds is 3.